The Morgan fingerprint density at radius 2 is 0.979 bits per heavy atom. The Hall–Kier alpha value is -0.500. The van der Waals surface area contributed by atoms with Gasteiger partial charge in [0.1, 0.15) is 19.3 Å². The Morgan fingerprint density at radius 1 is 0.574 bits per heavy atom. The molecule has 0 aromatic rings. The minimum absolute atomic E-state index is 0.0909. The molecule has 0 saturated heterocycles. The number of carbonyl (C=O) groups is 1. The average molecular weight is 693 g/mol. The molecule has 282 valence electrons. The summed E-state index contributed by atoms with van der Waals surface area (Å²) in [5.41, 5.74) is 0. The quantitative estimate of drug-likeness (QED) is 0.0300. The summed E-state index contributed by atoms with van der Waals surface area (Å²) in [6, 6.07) is 0. The number of likely N-dealkylation sites (N-methyl/N-ethyl adjacent to an activating group) is 1. The molecule has 8 nitrogen and oxygen atoms in total. The highest BCUT2D eigenvalue weighted by atomic mass is 31.2. The number of esters is 1. The zero-order chi connectivity index (χ0) is 34.9. The Bertz CT molecular complexity index is 731. The van der Waals surface area contributed by atoms with E-state index in [4.69, 9.17) is 18.5 Å². The zero-order valence-electron chi connectivity index (χ0n) is 31.8. The highest BCUT2D eigenvalue weighted by Crippen LogP contribution is 2.43. The van der Waals surface area contributed by atoms with Gasteiger partial charge in [-0.1, -0.05) is 162 Å². The molecule has 0 amide bonds. The van der Waals surface area contributed by atoms with Crippen LogP contribution in [0.15, 0.2) is 0 Å². The fourth-order valence-corrected chi connectivity index (χ4v) is 6.33. The van der Waals surface area contributed by atoms with E-state index in [9.17, 15) is 14.3 Å². The van der Waals surface area contributed by atoms with E-state index in [0.29, 0.717) is 24.1 Å². The van der Waals surface area contributed by atoms with E-state index < -0.39 is 13.9 Å². The maximum atomic E-state index is 12.2. The molecule has 0 saturated carbocycles. The highest BCUT2D eigenvalue weighted by Gasteiger charge is 2.26. The van der Waals surface area contributed by atoms with Gasteiger partial charge in [-0.25, -0.2) is 4.57 Å². The number of carbonyl (C=O) groups excluding carboxylic acids is 1. The molecule has 0 aromatic carbocycles. The summed E-state index contributed by atoms with van der Waals surface area (Å²) in [6.07, 6.45) is 33.0. The van der Waals surface area contributed by atoms with Gasteiger partial charge in [-0.3, -0.25) is 13.8 Å². The van der Waals surface area contributed by atoms with Crippen LogP contribution >= 0.6 is 7.82 Å². The van der Waals surface area contributed by atoms with Crippen molar-refractivity contribution in [1.29, 1.82) is 0 Å². The topological polar surface area (TPSA) is 91.3 Å². The van der Waals surface area contributed by atoms with Crippen LogP contribution in [0.1, 0.15) is 181 Å². The lowest BCUT2D eigenvalue weighted by Gasteiger charge is -2.24. The van der Waals surface area contributed by atoms with Gasteiger partial charge in [-0.15, -0.1) is 0 Å². The molecule has 0 aromatic heterocycles. The summed E-state index contributed by atoms with van der Waals surface area (Å²) in [5.74, 6) is -0.363. The fourth-order valence-electron chi connectivity index (χ4n) is 5.59. The van der Waals surface area contributed by atoms with E-state index in [-0.39, 0.29) is 32.2 Å². The van der Waals surface area contributed by atoms with Gasteiger partial charge in [0.25, 0.3) is 0 Å². The predicted octanol–water partition coefficient (Wildman–Crippen LogP) is 10.9. The van der Waals surface area contributed by atoms with Crippen molar-refractivity contribution in [3.63, 3.8) is 0 Å². The third-order valence-electron chi connectivity index (χ3n) is 8.64. The number of ether oxygens (including phenoxy) is 2. The van der Waals surface area contributed by atoms with Crippen LogP contribution in [0.2, 0.25) is 0 Å². The molecule has 0 heterocycles. The van der Waals surface area contributed by atoms with Crippen molar-refractivity contribution in [3.05, 3.63) is 0 Å². The molecule has 0 aliphatic rings. The van der Waals surface area contributed by atoms with Gasteiger partial charge in [0.15, 0.2) is 0 Å². The normalized spacial score (nSPS) is 13.9. The summed E-state index contributed by atoms with van der Waals surface area (Å²) in [4.78, 5) is 22.0. The predicted molar refractivity (Wildman–Crippen MR) is 197 cm³/mol. The van der Waals surface area contributed by atoms with Crippen LogP contribution in [0.3, 0.4) is 0 Å². The van der Waals surface area contributed by atoms with E-state index in [0.717, 1.165) is 12.8 Å². The molecule has 0 fully saturated rings. The van der Waals surface area contributed by atoms with E-state index >= 15 is 0 Å². The van der Waals surface area contributed by atoms with Crippen LogP contribution in [-0.4, -0.2) is 75.6 Å². The highest BCUT2D eigenvalue weighted by molar-refractivity contribution is 7.47. The molecule has 9 heteroatoms. The smallest absolute Gasteiger partial charge is 0.457 e. The molecule has 0 rings (SSSR count). The molecular formula is C38H79NO7P+. The van der Waals surface area contributed by atoms with Crippen LogP contribution in [-0.2, 0) is 27.9 Å². The SMILES string of the molecule is CCCCCCCCCCCCCCCCCCCCCCCCCCOCC(COP(=O)(O)OCC[N+](C)(C)C)OC(=O)CCC. The third-order valence-corrected chi connectivity index (χ3v) is 9.62. The van der Waals surface area contributed by atoms with Crippen LogP contribution in [0.4, 0.5) is 0 Å². The van der Waals surface area contributed by atoms with Crippen LogP contribution in [0.5, 0.6) is 0 Å². The molecule has 0 aliphatic carbocycles. The minimum atomic E-state index is -4.23. The number of phosphoric ester groups is 1. The summed E-state index contributed by atoms with van der Waals surface area (Å²) in [6.45, 7) is 5.30. The molecule has 0 bridgehead atoms. The molecule has 0 aliphatic heterocycles. The Kier molecular flexibility index (Phi) is 32.3. The van der Waals surface area contributed by atoms with Crippen LogP contribution in [0.25, 0.3) is 0 Å². The van der Waals surface area contributed by atoms with Gasteiger partial charge < -0.3 is 18.9 Å². The molecule has 2 atom stereocenters. The van der Waals surface area contributed by atoms with Crippen molar-refractivity contribution >= 4 is 13.8 Å². The van der Waals surface area contributed by atoms with Gasteiger partial charge in [0.05, 0.1) is 34.4 Å². The van der Waals surface area contributed by atoms with Crippen molar-refractivity contribution in [1.82, 2.24) is 0 Å². The average Bonchev–Trinajstić information content (AvgIpc) is 3.00. The van der Waals surface area contributed by atoms with Crippen molar-refractivity contribution in [2.45, 2.75) is 187 Å². The first-order valence-corrected chi connectivity index (χ1v) is 21.3. The Morgan fingerprint density at radius 3 is 1.36 bits per heavy atom. The number of hydrogen-bond donors (Lipinski definition) is 1. The lowest BCUT2D eigenvalue weighted by atomic mass is 10.0. The summed E-state index contributed by atoms with van der Waals surface area (Å²) in [5, 5.41) is 0. The molecule has 47 heavy (non-hydrogen) atoms. The monoisotopic (exact) mass is 693 g/mol. The summed E-state index contributed by atoms with van der Waals surface area (Å²) < 4.78 is 34.2. The molecule has 0 spiro atoms. The second-order valence-corrected chi connectivity index (χ2v) is 16.1. The number of rotatable bonds is 37. The van der Waals surface area contributed by atoms with Crippen molar-refractivity contribution in [2.24, 2.45) is 0 Å². The summed E-state index contributed by atoms with van der Waals surface area (Å²) in [7, 11) is 1.67. The number of quaternary nitrogens is 1. The largest absolute Gasteiger partial charge is 0.472 e. The minimum Gasteiger partial charge on any atom is -0.457 e. The van der Waals surface area contributed by atoms with Gasteiger partial charge >= 0.3 is 13.8 Å². The molecule has 2 unspecified atom stereocenters. The first kappa shape index (κ1) is 46.5. The number of hydrogen-bond acceptors (Lipinski definition) is 6. The molecular weight excluding hydrogens is 613 g/mol. The van der Waals surface area contributed by atoms with Crippen molar-refractivity contribution < 1.29 is 37.3 Å². The van der Waals surface area contributed by atoms with E-state index in [1.54, 1.807) is 0 Å². The van der Waals surface area contributed by atoms with Crippen LogP contribution < -0.4 is 0 Å². The first-order chi connectivity index (χ1) is 22.6. The Balaban J connectivity index is 3.65. The van der Waals surface area contributed by atoms with Gasteiger partial charge in [0.2, 0.25) is 0 Å². The molecule has 0 radical (unpaired) electrons. The number of phosphoric acid groups is 1. The number of unbranched alkanes of at least 4 members (excludes halogenated alkanes) is 23. The molecule has 1 N–H and O–H groups in total. The second kappa shape index (κ2) is 32.7. The lowest BCUT2D eigenvalue weighted by molar-refractivity contribution is -0.870. The van der Waals surface area contributed by atoms with E-state index in [1.165, 1.54) is 141 Å². The van der Waals surface area contributed by atoms with Crippen molar-refractivity contribution in [2.75, 3.05) is 54.1 Å². The van der Waals surface area contributed by atoms with Gasteiger partial charge in [0, 0.05) is 13.0 Å². The van der Waals surface area contributed by atoms with Crippen LogP contribution in [0, 0.1) is 0 Å². The maximum absolute atomic E-state index is 12.2. The first-order valence-electron chi connectivity index (χ1n) is 19.8. The maximum Gasteiger partial charge on any atom is 0.472 e. The van der Waals surface area contributed by atoms with E-state index in [1.807, 2.05) is 28.1 Å². The Labute approximate surface area is 291 Å². The van der Waals surface area contributed by atoms with E-state index in [2.05, 4.69) is 6.92 Å². The fraction of sp³-hybridized carbons (Fsp3) is 0.974. The van der Waals surface area contributed by atoms with Crippen molar-refractivity contribution in [3.8, 4) is 0 Å². The third kappa shape index (κ3) is 36.6. The lowest BCUT2D eigenvalue weighted by Crippen LogP contribution is -2.37. The zero-order valence-corrected chi connectivity index (χ0v) is 32.7. The standard InChI is InChI=1S/C38H78NO7P/c1-6-8-9-10-11-12-13-14-15-16-17-18-19-20-21-22-23-24-25-26-27-28-29-30-33-43-35-37(46-38(40)31-7-2)36-45-47(41,42)44-34-32-39(3,4)5/h37H,6-36H2,1-5H3/p+1. The second-order valence-electron chi connectivity index (χ2n) is 14.7. The summed E-state index contributed by atoms with van der Waals surface area (Å²) >= 11 is 0. The van der Waals surface area contributed by atoms with Gasteiger partial charge in [-0.2, -0.15) is 0 Å². The van der Waals surface area contributed by atoms with Gasteiger partial charge in [-0.05, 0) is 12.8 Å². The number of nitrogens with zero attached hydrogens (tertiary/aromatic N) is 1.